The van der Waals surface area contributed by atoms with Crippen LogP contribution in [0.2, 0.25) is 5.02 Å². The minimum absolute atomic E-state index is 0.0166. The third-order valence-corrected chi connectivity index (χ3v) is 4.35. The van der Waals surface area contributed by atoms with Gasteiger partial charge in [-0.3, -0.25) is 14.9 Å². The third-order valence-electron chi connectivity index (χ3n) is 4.12. The average Bonchev–Trinajstić information content (AvgIpc) is 2.87. The lowest BCUT2D eigenvalue weighted by Gasteiger charge is -2.22. The summed E-state index contributed by atoms with van der Waals surface area (Å²) in [6, 6.07) is 9.85. The third kappa shape index (κ3) is 3.88. The predicted molar refractivity (Wildman–Crippen MR) is 95.1 cm³/mol. The van der Waals surface area contributed by atoms with Gasteiger partial charge in [0.25, 0.3) is 5.91 Å². The summed E-state index contributed by atoms with van der Waals surface area (Å²) in [6.07, 6.45) is 2.25. The van der Waals surface area contributed by atoms with Crippen molar-refractivity contribution >= 4 is 29.0 Å². The van der Waals surface area contributed by atoms with E-state index in [0.29, 0.717) is 49.0 Å². The molecule has 1 aromatic carbocycles. The van der Waals surface area contributed by atoms with E-state index in [9.17, 15) is 14.9 Å². The molecule has 0 unspecified atom stereocenters. The Balaban J connectivity index is 1.75. The first-order chi connectivity index (χ1) is 12.1. The van der Waals surface area contributed by atoms with Crippen LogP contribution in [0.5, 0.6) is 0 Å². The highest BCUT2D eigenvalue weighted by Gasteiger charge is 2.25. The highest BCUT2D eigenvalue weighted by Crippen LogP contribution is 2.26. The summed E-state index contributed by atoms with van der Waals surface area (Å²) in [4.78, 5) is 31.2. The fourth-order valence-electron chi connectivity index (χ4n) is 2.91. The number of hydrogen-bond donors (Lipinski definition) is 0. The van der Waals surface area contributed by atoms with Crippen molar-refractivity contribution in [1.29, 1.82) is 0 Å². The second kappa shape index (κ2) is 7.48. The van der Waals surface area contributed by atoms with E-state index in [4.69, 9.17) is 11.6 Å². The molecule has 0 radical (unpaired) electrons. The van der Waals surface area contributed by atoms with Gasteiger partial charge in [0.15, 0.2) is 0 Å². The van der Waals surface area contributed by atoms with Crippen LogP contribution in [-0.4, -0.2) is 46.9 Å². The summed E-state index contributed by atoms with van der Waals surface area (Å²) >= 11 is 5.96. The first kappa shape index (κ1) is 17.2. The number of rotatable bonds is 3. The van der Waals surface area contributed by atoms with Crippen molar-refractivity contribution in [3.8, 4) is 0 Å². The van der Waals surface area contributed by atoms with Gasteiger partial charge >= 0.3 is 5.69 Å². The zero-order chi connectivity index (χ0) is 17.8. The molecule has 1 aliphatic heterocycles. The molecule has 130 valence electrons. The molecule has 0 spiro atoms. The number of hydrogen-bond acceptors (Lipinski definition) is 5. The fourth-order valence-corrected chi connectivity index (χ4v) is 3.10. The zero-order valence-electron chi connectivity index (χ0n) is 13.5. The summed E-state index contributed by atoms with van der Waals surface area (Å²) in [5.74, 6) is 0.268. The number of halogens is 1. The van der Waals surface area contributed by atoms with Crippen LogP contribution in [0.4, 0.5) is 11.5 Å². The maximum Gasteiger partial charge on any atom is 0.311 e. The molecule has 2 heterocycles. The van der Waals surface area contributed by atoms with Crippen molar-refractivity contribution in [2.75, 3.05) is 31.1 Å². The number of benzene rings is 1. The molecule has 0 bridgehead atoms. The molecule has 2 aromatic rings. The predicted octanol–water partition coefficient (Wildman–Crippen LogP) is 3.00. The van der Waals surface area contributed by atoms with Gasteiger partial charge in [-0.1, -0.05) is 17.7 Å². The Morgan fingerprint density at radius 1 is 1.16 bits per heavy atom. The normalized spacial score (nSPS) is 14.9. The number of nitro groups is 1. The molecule has 0 saturated carbocycles. The van der Waals surface area contributed by atoms with Gasteiger partial charge in [-0.15, -0.1) is 0 Å². The summed E-state index contributed by atoms with van der Waals surface area (Å²) in [7, 11) is 0. The molecule has 0 N–H and O–H groups in total. The van der Waals surface area contributed by atoms with Crippen LogP contribution in [-0.2, 0) is 0 Å². The van der Waals surface area contributed by atoms with Gasteiger partial charge in [-0.2, -0.15) is 0 Å². The first-order valence-corrected chi connectivity index (χ1v) is 8.33. The number of anilines is 1. The van der Waals surface area contributed by atoms with Gasteiger partial charge in [-0.05, 0) is 30.7 Å². The van der Waals surface area contributed by atoms with Crippen molar-refractivity contribution in [3.05, 3.63) is 63.3 Å². The standard InChI is InChI=1S/C17H17ClN4O3/c18-14-5-1-4-13(12-14)17(23)21-9-3-8-20(10-11-21)16-15(22(24)25)6-2-7-19-16/h1-2,4-7,12H,3,8-11H2. The molecule has 25 heavy (non-hydrogen) atoms. The average molecular weight is 361 g/mol. The topological polar surface area (TPSA) is 79.6 Å². The Hall–Kier alpha value is -2.67. The van der Waals surface area contributed by atoms with E-state index in [2.05, 4.69) is 4.98 Å². The van der Waals surface area contributed by atoms with E-state index in [1.54, 1.807) is 41.4 Å². The Morgan fingerprint density at radius 2 is 2.00 bits per heavy atom. The molecular weight excluding hydrogens is 344 g/mol. The van der Waals surface area contributed by atoms with Crippen molar-refractivity contribution in [1.82, 2.24) is 9.88 Å². The van der Waals surface area contributed by atoms with Gasteiger partial charge < -0.3 is 9.80 Å². The van der Waals surface area contributed by atoms with E-state index in [0.717, 1.165) is 0 Å². The van der Waals surface area contributed by atoms with Crippen LogP contribution in [0.25, 0.3) is 0 Å². The van der Waals surface area contributed by atoms with Crippen LogP contribution in [0.15, 0.2) is 42.6 Å². The second-order valence-electron chi connectivity index (χ2n) is 5.75. The number of carbonyl (C=O) groups excluding carboxylic acids is 1. The van der Waals surface area contributed by atoms with Gasteiger partial charge in [0.2, 0.25) is 5.82 Å². The van der Waals surface area contributed by atoms with E-state index in [1.807, 2.05) is 4.90 Å². The minimum atomic E-state index is -0.428. The molecule has 1 aliphatic rings. The molecule has 0 atom stereocenters. The SMILES string of the molecule is O=C(c1cccc(Cl)c1)N1CCCN(c2ncccc2[N+](=O)[O-])CC1. The zero-order valence-corrected chi connectivity index (χ0v) is 14.2. The number of amides is 1. The lowest BCUT2D eigenvalue weighted by molar-refractivity contribution is -0.384. The Kier molecular flexibility index (Phi) is 5.14. The van der Waals surface area contributed by atoms with Crippen molar-refractivity contribution in [3.63, 3.8) is 0 Å². The number of aromatic nitrogens is 1. The van der Waals surface area contributed by atoms with Gasteiger partial charge in [-0.25, -0.2) is 4.98 Å². The van der Waals surface area contributed by atoms with Crippen LogP contribution < -0.4 is 4.90 Å². The van der Waals surface area contributed by atoms with Gasteiger partial charge in [0.05, 0.1) is 4.92 Å². The monoisotopic (exact) mass is 360 g/mol. The molecule has 1 amide bonds. The summed E-state index contributed by atoms with van der Waals surface area (Å²) < 4.78 is 0. The lowest BCUT2D eigenvalue weighted by Crippen LogP contribution is -2.35. The lowest BCUT2D eigenvalue weighted by atomic mass is 10.2. The smallest absolute Gasteiger partial charge is 0.311 e. The van der Waals surface area contributed by atoms with Crippen LogP contribution in [0, 0.1) is 10.1 Å². The number of carbonyl (C=O) groups is 1. The van der Waals surface area contributed by atoms with E-state index in [1.165, 1.54) is 6.07 Å². The molecule has 8 heteroatoms. The maximum absolute atomic E-state index is 12.6. The Bertz CT molecular complexity index is 799. The molecule has 3 rings (SSSR count). The van der Waals surface area contributed by atoms with Gasteiger partial charge in [0.1, 0.15) is 0 Å². The van der Waals surface area contributed by atoms with E-state index < -0.39 is 4.92 Å². The number of pyridine rings is 1. The van der Waals surface area contributed by atoms with Crippen molar-refractivity contribution < 1.29 is 9.72 Å². The Morgan fingerprint density at radius 3 is 2.76 bits per heavy atom. The number of nitrogens with zero attached hydrogens (tertiary/aromatic N) is 4. The van der Waals surface area contributed by atoms with E-state index >= 15 is 0 Å². The highest BCUT2D eigenvalue weighted by molar-refractivity contribution is 6.30. The van der Waals surface area contributed by atoms with Crippen LogP contribution in [0.1, 0.15) is 16.8 Å². The Labute approximate surface area is 150 Å². The van der Waals surface area contributed by atoms with Crippen molar-refractivity contribution in [2.45, 2.75) is 6.42 Å². The summed E-state index contributed by atoms with van der Waals surface area (Å²) in [5, 5.41) is 11.7. The quantitative estimate of drug-likeness (QED) is 0.621. The molecule has 1 fully saturated rings. The molecule has 7 nitrogen and oxygen atoms in total. The minimum Gasteiger partial charge on any atom is -0.349 e. The van der Waals surface area contributed by atoms with Gasteiger partial charge in [0, 0.05) is 49.0 Å². The maximum atomic E-state index is 12.6. The van der Waals surface area contributed by atoms with Crippen LogP contribution in [0.3, 0.4) is 0 Å². The second-order valence-corrected chi connectivity index (χ2v) is 6.18. The largest absolute Gasteiger partial charge is 0.349 e. The fraction of sp³-hybridized carbons (Fsp3) is 0.294. The van der Waals surface area contributed by atoms with Crippen molar-refractivity contribution in [2.24, 2.45) is 0 Å². The molecule has 0 aliphatic carbocycles. The summed E-state index contributed by atoms with van der Waals surface area (Å²) in [5.41, 5.74) is 0.530. The molecule has 1 aromatic heterocycles. The molecule has 1 saturated heterocycles. The highest BCUT2D eigenvalue weighted by atomic mass is 35.5. The summed E-state index contributed by atoms with van der Waals surface area (Å²) in [6.45, 7) is 2.16. The van der Waals surface area contributed by atoms with Crippen LogP contribution >= 0.6 is 11.6 Å². The van der Waals surface area contributed by atoms with E-state index in [-0.39, 0.29) is 11.6 Å². The first-order valence-electron chi connectivity index (χ1n) is 7.95. The molecular formula is C17H17ClN4O3.